The predicted molar refractivity (Wildman–Crippen MR) is 78.3 cm³/mol. The molecule has 2 aromatic rings. The Labute approximate surface area is 122 Å². The van der Waals surface area contributed by atoms with Crippen molar-refractivity contribution >= 4 is 5.69 Å². The number of aromatic nitrogens is 2. The maximum Gasteiger partial charge on any atom is 0.311 e. The van der Waals surface area contributed by atoms with Crippen LogP contribution in [0.15, 0.2) is 30.6 Å². The smallest absolute Gasteiger partial charge is 0.311 e. The van der Waals surface area contributed by atoms with Gasteiger partial charge in [-0.05, 0) is 24.1 Å². The van der Waals surface area contributed by atoms with E-state index in [1.54, 1.807) is 6.07 Å². The lowest BCUT2D eigenvalue weighted by atomic mass is 10.2. The van der Waals surface area contributed by atoms with Gasteiger partial charge in [-0.15, -0.1) is 0 Å². The Hall–Kier alpha value is -2.41. The van der Waals surface area contributed by atoms with Gasteiger partial charge in [0, 0.05) is 25.4 Å². The molecule has 112 valence electrons. The van der Waals surface area contributed by atoms with Crippen molar-refractivity contribution in [2.24, 2.45) is 0 Å². The van der Waals surface area contributed by atoms with Gasteiger partial charge in [0.1, 0.15) is 0 Å². The van der Waals surface area contributed by atoms with Gasteiger partial charge in [0.2, 0.25) is 0 Å². The molecule has 0 aliphatic rings. The molecule has 0 atom stereocenters. The first kappa shape index (κ1) is 15.0. The van der Waals surface area contributed by atoms with E-state index in [9.17, 15) is 10.1 Å². The normalized spacial score (nSPS) is 10.6. The van der Waals surface area contributed by atoms with Gasteiger partial charge >= 0.3 is 5.69 Å². The molecule has 1 N–H and O–H groups in total. The van der Waals surface area contributed by atoms with Crippen LogP contribution in [0.4, 0.5) is 5.69 Å². The van der Waals surface area contributed by atoms with Crippen molar-refractivity contribution in [3.05, 3.63) is 51.8 Å². The van der Waals surface area contributed by atoms with Crippen LogP contribution in [-0.4, -0.2) is 28.4 Å². The van der Waals surface area contributed by atoms with E-state index in [2.05, 4.69) is 10.4 Å². The molecule has 0 radical (unpaired) electrons. The van der Waals surface area contributed by atoms with E-state index in [0.29, 0.717) is 6.54 Å². The van der Waals surface area contributed by atoms with E-state index in [1.165, 1.54) is 13.2 Å². The molecule has 0 bridgehead atoms. The van der Waals surface area contributed by atoms with Crippen molar-refractivity contribution < 1.29 is 9.66 Å². The van der Waals surface area contributed by atoms with Crippen LogP contribution < -0.4 is 10.1 Å². The Morgan fingerprint density at radius 2 is 2.29 bits per heavy atom. The summed E-state index contributed by atoms with van der Waals surface area (Å²) in [5, 5.41) is 18.4. The van der Waals surface area contributed by atoms with Gasteiger partial charge in [-0.1, -0.05) is 6.07 Å². The molecule has 21 heavy (non-hydrogen) atoms. The predicted octanol–water partition coefficient (Wildman–Crippen LogP) is 1.90. The molecule has 0 aliphatic heterocycles. The highest BCUT2D eigenvalue weighted by atomic mass is 16.6. The average molecular weight is 290 g/mol. The molecule has 7 heteroatoms. The van der Waals surface area contributed by atoms with Gasteiger partial charge in [0.15, 0.2) is 5.75 Å². The lowest BCUT2D eigenvalue weighted by Crippen LogP contribution is -2.19. The first-order valence-electron chi connectivity index (χ1n) is 6.61. The Balaban J connectivity index is 1.88. The maximum absolute atomic E-state index is 10.9. The van der Waals surface area contributed by atoms with Crippen LogP contribution in [0.2, 0.25) is 0 Å². The SMILES string of the molecule is COc1ccc(CNCCn2cc(C)cn2)cc1[N+](=O)[O-]. The third-order valence-electron chi connectivity index (χ3n) is 3.05. The first-order chi connectivity index (χ1) is 10.1. The van der Waals surface area contributed by atoms with E-state index in [0.717, 1.165) is 24.2 Å². The first-order valence-corrected chi connectivity index (χ1v) is 6.61. The largest absolute Gasteiger partial charge is 0.490 e. The number of ether oxygens (including phenoxy) is 1. The Morgan fingerprint density at radius 3 is 2.90 bits per heavy atom. The molecule has 2 rings (SSSR count). The minimum Gasteiger partial charge on any atom is -0.490 e. The van der Waals surface area contributed by atoms with Crippen molar-refractivity contribution in [3.63, 3.8) is 0 Å². The van der Waals surface area contributed by atoms with Gasteiger partial charge in [0.25, 0.3) is 0 Å². The topological polar surface area (TPSA) is 82.2 Å². The minimum absolute atomic E-state index is 0.0144. The zero-order valence-corrected chi connectivity index (χ0v) is 12.1. The van der Waals surface area contributed by atoms with Crippen molar-refractivity contribution in [2.45, 2.75) is 20.0 Å². The fourth-order valence-electron chi connectivity index (χ4n) is 2.00. The Morgan fingerprint density at radius 1 is 1.48 bits per heavy atom. The van der Waals surface area contributed by atoms with Crippen LogP contribution in [-0.2, 0) is 13.1 Å². The van der Waals surface area contributed by atoms with Gasteiger partial charge in [-0.2, -0.15) is 5.10 Å². The molecule has 0 fully saturated rings. The Kier molecular flexibility index (Phi) is 4.89. The lowest BCUT2D eigenvalue weighted by molar-refractivity contribution is -0.385. The molecule has 0 aliphatic carbocycles. The highest BCUT2D eigenvalue weighted by Gasteiger charge is 2.14. The summed E-state index contributed by atoms with van der Waals surface area (Å²) >= 11 is 0. The number of nitro groups is 1. The molecule has 7 nitrogen and oxygen atoms in total. The average Bonchev–Trinajstić information content (AvgIpc) is 2.89. The second-order valence-electron chi connectivity index (χ2n) is 4.72. The van der Waals surface area contributed by atoms with Crippen LogP contribution in [0.3, 0.4) is 0 Å². The molecule has 0 saturated heterocycles. The zero-order valence-electron chi connectivity index (χ0n) is 12.1. The summed E-state index contributed by atoms with van der Waals surface area (Å²) in [6.45, 7) is 4.05. The summed E-state index contributed by atoms with van der Waals surface area (Å²) in [4.78, 5) is 10.5. The number of benzene rings is 1. The monoisotopic (exact) mass is 290 g/mol. The van der Waals surface area contributed by atoms with Crippen LogP contribution in [0.1, 0.15) is 11.1 Å². The van der Waals surface area contributed by atoms with Crippen molar-refractivity contribution in [2.75, 3.05) is 13.7 Å². The highest BCUT2D eigenvalue weighted by molar-refractivity contribution is 5.48. The molecule has 0 spiro atoms. The number of nitro benzene ring substituents is 1. The molecule has 0 amide bonds. The number of rotatable bonds is 7. The summed E-state index contributed by atoms with van der Waals surface area (Å²) in [6.07, 6.45) is 3.78. The van der Waals surface area contributed by atoms with Crippen LogP contribution in [0, 0.1) is 17.0 Å². The van der Waals surface area contributed by atoms with Crippen molar-refractivity contribution in [3.8, 4) is 5.75 Å². The third-order valence-corrected chi connectivity index (χ3v) is 3.05. The summed E-state index contributed by atoms with van der Waals surface area (Å²) in [6, 6.07) is 4.97. The number of aryl methyl sites for hydroxylation is 1. The van der Waals surface area contributed by atoms with Gasteiger partial charge in [-0.3, -0.25) is 14.8 Å². The summed E-state index contributed by atoms with van der Waals surface area (Å²) < 4.78 is 6.83. The quantitative estimate of drug-likeness (QED) is 0.478. The number of methoxy groups -OCH3 is 1. The molecule has 0 unspecified atom stereocenters. The second kappa shape index (κ2) is 6.85. The molecule has 1 aromatic carbocycles. The summed E-state index contributed by atoms with van der Waals surface area (Å²) in [5.41, 5.74) is 1.96. The second-order valence-corrected chi connectivity index (χ2v) is 4.72. The standard InChI is InChI=1S/C14H18N4O3/c1-11-8-16-17(10-11)6-5-15-9-12-3-4-14(21-2)13(7-12)18(19)20/h3-4,7-8,10,15H,5-6,9H2,1-2H3. The highest BCUT2D eigenvalue weighted by Crippen LogP contribution is 2.27. The molecule has 1 heterocycles. The van der Waals surface area contributed by atoms with E-state index < -0.39 is 4.92 Å². The van der Waals surface area contributed by atoms with E-state index in [1.807, 2.05) is 30.1 Å². The molecular formula is C14H18N4O3. The fraction of sp³-hybridized carbons (Fsp3) is 0.357. The molecule has 0 saturated carbocycles. The zero-order chi connectivity index (χ0) is 15.2. The van der Waals surface area contributed by atoms with Crippen LogP contribution in [0.25, 0.3) is 0 Å². The number of hydrogen-bond acceptors (Lipinski definition) is 5. The third kappa shape index (κ3) is 4.03. The van der Waals surface area contributed by atoms with Gasteiger partial charge in [-0.25, -0.2) is 0 Å². The number of hydrogen-bond donors (Lipinski definition) is 1. The minimum atomic E-state index is -0.436. The van der Waals surface area contributed by atoms with Crippen LogP contribution in [0.5, 0.6) is 5.75 Å². The van der Waals surface area contributed by atoms with Crippen molar-refractivity contribution in [1.29, 1.82) is 0 Å². The summed E-state index contributed by atoms with van der Waals surface area (Å²) in [7, 11) is 1.42. The van der Waals surface area contributed by atoms with E-state index >= 15 is 0 Å². The van der Waals surface area contributed by atoms with E-state index in [-0.39, 0.29) is 11.4 Å². The molecular weight excluding hydrogens is 272 g/mol. The lowest BCUT2D eigenvalue weighted by Gasteiger charge is -2.07. The Bertz CT molecular complexity index is 624. The van der Waals surface area contributed by atoms with Crippen molar-refractivity contribution in [1.82, 2.24) is 15.1 Å². The molecule has 1 aromatic heterocycles. The van der Waals surface area contributed by atoms with Gasteiger partial charge in [0.05, 0.1) is 24.8 Å². The van der Waals surface area contributed by atoms with Gasteiger partial charge < -0.3 is 10.1 Å². The number of nitrogens with one attached hydrogen (secondary N) is 1. The fourth-order valence-corrected chi connectivity index (χ4v) is 2.00. The maximum atomic E-state index is 10.9. The summed E-state index contributed by atoms with van der Waals surface area (Å²) in [5.74, 6) is 0.274. The van der Waals surface area contributed by atoms with E-state index in [4.69, 9.17) is 4.74 Å². The number of nitrogens with zero attached hydrogens (tertiary/aromatic N) is 3. The van der Waals surface area contributed by atoms with Crippen LogP contribution >= 0.6 is 0 Å².